The monoisotopic (exact) mass is 524 g/mol. The molecule has 1 saturated heterocycles. The number of amides is 1. The summed E-state index contributed by atoms with van der Waals surface area (Å²) in [6.07, 6.45) is 1.11. The Kier molecular flexibility index (Phi) is 11.3. The van der Waals surface area contributed by atoms with Crippen LogP contribution in [0.15, 0.2) is 48.5 Å². The maximum absolute atomic E-state index is 13.3. The Morgan fingerprint density at radius 3 is 2.49 bits per heavy atom. The average Bonchev–Trinajstić information content (AvgIpc) is 2.82. The Morgan fingerprint density at radius 2 is 1.83 bits per heavy atom. The summed E-state index contributed by atoms with van der Waals surface area (Å²) in [5.74, 6) is -0.248. The highest BCUT2D eigenvalue weighted by Crippen LogP contribution is 2.28. The van der Waals surface area contributed by atoms with Crippen LogP contribution in [0.5, 0.6) is 0 Å². The second kappa shape index (κ2) is 13.7. The third-order valence-electron chi connectivity index (χ3n) is 5.88. The third-order valence-corrected chi connectivity index (χ3v) is 7.75. The van der Waals surface area contributed by atoms with Gasteiger partial charge in [-0.2, -0.15) is 0 Å². The lowest BCUT2D eigenvalue weighted by Gasteiger charge is -2.29. The van der Waals surface area contributed by atoms with E-state index in [-0.39, 0.29) is 24.1 Å². The molecule has 2 atom stereocenters. The normalized spacial score (nSPS) is 16.6. The van der Waals surface area contributed by atoms with Gasteiger partial charge in [-0.05, 0) is 56.5 Å². The van der Waals surface area contributed by atoms with Crippen molar-refractivity contribution in [3.05, 3.63) is 59.7 Å². The number of rotatable bonds is 11. The second-order valence-electron chi connectivity index (χ2n) is 8.54. The van der Waals surface area contributed by atoms with Crippen molar-refractivity contribution in [3.63, 3.8) is 0 Å². The first-order chi connectivity index (χ1) is 16.3. The van der Waals surface area contributed by atoms with E-state index in [0.29, 0.717) is 56.0 Å². The van der Waals surface area contributed by atoms with Crippen LogP contribution in [-0.2, 0) is 16.4 Å². The van der Waals surface area contributed by atoms with Gasteiger partial charge < -0.3 is 21.1 Å². The first-order valence-corrected chi connectivity index (χ1v) is 13.6. The zero-order valence-corrected chi connectivity index (χ0v) is 22.0. The van der Waals surface area contributed by atoms with E-state index in [1.807, 2.05) is 44.2 Å². The Hall–Kier alpha value is -2.33. The van der Waals surface area contributed by atoms with Gasteiger partial charge in [-0.15, -0.1) is 12.4 Å². The molecule has 0 spiro atoms. The van der Waals surface area contributed by atoms with Crippen LogP contribution in [0.4, 0.5) is 11.4 Å². The number of nitrogens with one attached hydrogen (secondary N) is 3. The van der Waals surface area contributed by atoms with Gasteiger partial charge in [0.1, 0.15) is 0 Å². The number of aliphatic hydroxyl groups excluding tert-OH is 1. The summed E-state index contributed by atoms with van der Waals surface area (Å²) in [4.78, 5) is 13.3. The first-order valence-electron chi connectivity index (χ1n) is 12.0. The van der Waals surface area contributed by atoms with E-state index in [9.17, 15) is 18.3 Å². The summed E-state index contributed by atoms with van der Waals surface area (Å²) in [6.45, 7) is 5.99. The molecule has 1 aliphatic heterocycles. The number of anilines is 2. The van der Waals surface area contributed by atoms with Gasteiger partial charge in [-0.1, -0.05) is 37.3 Å². The number of hydrogen-bond acceptors (Lipinski definition) is 6. The fraction of sp³-hybridized carbons (Fsp3) is 0.480. The van der Waals surface area contributed by atoms with Crippen LogP contribution in [0, 0.1) is 0 Å². The van der Waals surface area contributed by atoms with Crippen molar-refractivity contribution in [1.82, 2.24) is 10.6 Å². The predicted molar refractivity (Wildman–Crippen MR) is 144 cm³/mol. The van der Waals surface area contributed by atoms with E-state index in [1.54, 1.807) is 18.2 Å². The van der Waals surface area contributed by atoms with Gasteiger partial charge in [0.2, 0.25) is 10.0 Å². The number of carbonyl (C=O) groups excluding carboxylic acids is 1. The lowest BCUT2D eigenvalue weighted by atomic mass is 10.00. The van der Waals surface area contributed by atoms with Gasteiger partial charge in [0.05, 0.1) is 23.6 Å². The minimum Gasteiger partial charge on any atom is -0.390 e. The fourth-order valence-corrected chi connectivity index (χ4v) is 5.73. The maximum atomic E-state index is 13.3. The Morgan fingerprint density at radius 1 is 1.09 bits per heavy atom. The lowest BCUT2D eigenvalue weighted by Crippen LogP contribution is -2.48. The average molecular weight is 525 g/mol. The third kappa shape index (κ3) is 8.10. The van der Waals surface area contributed by atoms with Crippen molar-refractivity contribution in [2.75, 3.05) is 41.6 Å². The van der Waals surface area contributed by atoms with Crippen molar-refractivity contribution in [1.29, 1.82) is 0 Å². The van der Waals surface area contributed by atoms with E-state index >= 15 is 0 Å². The standard InChI is InChI=1S/C25H36N4O4S.ClH/c1-3-26-18-24(30)23(14-19-10-6-5-7-11-19)28-25(31)20-15-21(27-4-2)17-22(16-20)29-12-8-9-13-34(29,32)33;/h5-7,10-11,15-17,23-24,26-27,30H,3-4,8-9,12-14,18H2,1-2H3,(H,28,31);1H/t23-,24+;/m0./s1. The highest BCUT2D eigenvalue weighted by molar-refractivity contribution is 7.92. The van der Waals surface area contributed by atoms with Crippen molar-refractivity contribution in [2.45, 2.75) is 45.3 Å². The predicted octanol–water partition coefficient (Wildman–Crippen LogP) is 2.78. The molecule has 0 saturated carbocycles. The molecule has 1 aliphatic rings. The Bertz CT molecular complexity index is 1050. The summed E-state index contributed by atoms with van der Waals surface area (Å²) in [5, 5.41) is 20.1. The van der Waals surface area contributed by atoms with Gasteiger partial charge in [0.25, 0.3) is 5.91 Å². The van der Waals surface area contributed by atoms with Crippen LogP contribution in [0.3, 0.4) is 0 Å². The molecule has 2 aromatic rings. The minimum atomic E-state index is -3.41. The van der Waals surface area contributed by atoms with Crippen molar-refractivity contribution < 1.29 is 18.3 Å². The molecule has 0 aromatic heterocycles. The molecular formula is C25H37ClN4O4S. The molecule has 0 bridgehead atoms. The number of halogens is 1. The molecular weight excluding hydrogens is 488 g/mol. The fourth-order valence-electron chi connectivity index (χ4n) is 4.11. The van der Waals surface area contributed by atoms with Crippen LogP contribution in [0.1, 0.15) is 42.6 Å². The van der Waals surface area contributed by atoms with Gasteiger partial charge in [0.15, 0.2) is 0 Å². The Labute approximate surface area is 215 Å². The number of carbonyl (C=O) groups is 1. The van der Waals surface area contributed by atoms with Crippen molar-refractivity contribution in [2.24, 2.45) is 0 Å². The second-order valence-corrected chi connectivity index (χ2v) is 10.6. The number of hydrogen-bond donors (Lipinski definition) is 4. The van der Waals surface area contributed by atoms with Crippen LogP contribution in [0.25, 0.3) is 0 Å². The molecule has 2 aromatic carbocycles. The molecule has 10 heteroatoms. The molecule has 194 valence electrons. The van der Waals surface area contributed by atoms with Gasteiger partial charge in [-0.3, -0.25) is 9.10 Å². The molecule has 3 rings (SSSR count). The molecule has 35 heavy (non-hydrogen) atoms. The minimum absolute atomic E-state index is 0. The molecule has 0 radical (unpaired) electrons. The smallest absolute Gasteiger partial charge is 0.251 e. The van der Waals surface area contributed by atoms with Gasteiger partial charge >= 0.3 is 0 Å². The largest absolute Gasteiger partial charge is 0.390 e. The number of aliphatic hydroxyl groups is 1. The highest BCUT2D eigenvalue weighted by Gasteiger charge is 2.28. The number of benzene rings is 2. The topological polar surface area (TPSA) is 111 Å². The lowest BCUT2D eigenvalue weighted by molar-refractivity contribution is 0.0832. The summed E-state index contributed by atoms with van der Waals surface area (Å²) in [5.41, 5.74) is 2.52. The summed E-state index contributed by atoms with van der Waals surface area (Å²) >= 11 is 0. The van der Waals surface area contributed by atoms with Crippen LogP contribution >= 0.6 is 12.4 Å². The molecule has 8 nitrogen and oxygen atoms in total. The zero-order chi connectivity index (χ0) is 24.6. The SMILES string of the molecule is CCNC[C@@H](O)[C@H](Cc1ccccc1)NC(=O)c1cc(NCC)cc(N2CCCCS2(=O)=O)c1.Cl. The summed E-state index contributed by atoms with van der Waals surface area (Å²) < 4.78 is 26.7. The van der Waals surface area contributed by atoms with Gasteiger partial charge in [-0.25, -0.2) is 8.42 Å². The molecule has 0 aliphatic carbocycles. The first kappa shape index (κ1) is 28.9. The van der Waals surface area contributed by atoms with E-state index < -0.39 is 22.2 Å². The van der Waals surface area contributed by atoms with Crippen LogP contribution in [-0.4, -0.2) is 63.5 Å². The van der Waals surface area contributed by atoms with Gasteiger partial charge in [0, 0.05) is 30.9 Å². The number of nitrogens with zero attached hydrogens (tertiary/aromatic N) is 1. The molecule has 1 heterocycles. The molecule has 1 amide bonds. The van der Waals surface area contributed by atoms with E-state index in [4.69, 9.17) is 0 Å². The maximum Gasteiger partial charge on any atom is 0.251 e. The molecule has 1 fully saturated rings. The van der Waals surface area contributed by atoms with Crippen molar-refractivity contribution >= 4 is 39.7 Å². The van der Waals surface area contributed by atoms with Crippen LogP contribution in [0.2, 0.25) is 0 Å². The quantitative estimate of drug-likeness (QED) is 0.360. The summed E-state index contributed by atoms with van der Waals surface area (Å²) in [6, 6.07) is 14.3. The number of sulfonamides is 1. The van der Waals surface area contributed by atoms with E-state index in [2.05, 4.69) is 16.0 Å². The highest BCUT2D eigenvalue weighted by atomic mass is 35.5. The van der Waals surface area contributed by atoms with Crippen LogP contribution < -0.4 is 20.3 Å². The zero-order valence-electron chi connectivity index (χ0n) is 20.4. The Balaban J connectivity index is 0.00000432. The molecule has 4 N–H and O–H groups in total. The number of likely N-dealkylation sites (N-methyl/N-ethyl adjacent to an activating group) is 1. The van der Waals surface area contributed by atoms with Crippen molar-refractivity contribution in [3.8, 4) is 0 Å². The summed E-state index contributed by atoms with van der Waals surface area (Å²) in [7, 11) is -3.41. The van der Waals surface area contributed by atoms with E-state index in [1.165, 1.54) is 4.31 Å². The molecule has 0 unspecified atom stereocenters. The van der Waals surface area contributed by atoms with E-state index in [0.717, 1.165) is 12.0 Å².